The Morgan fingerprint density at radius 3 is 3.00 bits per heavy atom. The predicted octanol–water partition coefficient (Wildman–Crippen LogP) is 2.16. The first-order valence-corrected chi connectivity index (χ1v) is 6.70. The summed E-state index contributed by atoms with van der Waals surface area (Å²) in [5, 5.41) is 11.1. The van der Waals surface area contributed by atoms with Gasteiger partial charge in [0.1, 0.15) is 0 Å². The lowest BCUT2D eigenvalue weighted by atomic mass is 10.1. The predicted molar refractivity (Wildman–Crippen MR) is 77.5 cm³/mol. The summed E-state index contributed by atoms with van der Waals surface area (Å²) in [5.41, 5.74) is 2.67. The minimum atomic E-state index is 0.634. The average molecular weight is 268 g/mol. The van der Waals surface area contributed by atoms with Crippen molar-refractivity contribution in [1.82, 2.24) is 25.1 Å². The molecule has 0 aliphatic rings. The third-order valence-corrected chi connectivity index (χ3v) is 3.00. The number of aromatic amines is 1. The minimum Gasteiger partial charge on any atom is -0.354 e. The van der Waals surface area contributed by atoms with Crippen LogP contribution < -0.4 is 5.32 Å². The molecule has 0 aliphatic carbocycles. The number of pyridine rings is 1. The summed E-state index contributed by atoms with van der Waals surface area (Å²) in [7, 11) is 0. The zero-order valence-corrected chi connectivity index (χ0v) is 11.3. The van der Waals surface area contributed by atoms with Crippen molar-refractivity contribution in [2.45, 2.75) is 19.8 Å². The second kappa shape index (κ2) is 5.64. The van der Waals surface area contributed by atoms with Crippen molar-refractivity contribution in [2.75, 3.05) is 11.9 Å². The average Bonchev–Trinajstić information content (AvgIpc) is 2.95. The molecule has 20 heavy (non-hydrogen) atoms. The molecule has 0 fully saturated rings. The van der Waals surface area contributed by atoms with Crippen LogP contribution in [0.2, 0.25) is 0 Å². The number of H-pyrrole nitrogens is 1. The summed E-state index contributed by atoms with van der Waals surface area (Å²) >= 11 is 0. The first-order chi connectivity index (χ1) is 9.86. The Hall–Kier alpha value is -2.50. The van der Waals surface area contributed by atoms with Gasteiger partial charge >= 0.3 is 0 Å². The molecule has 0 unspecified atom stereocenters. The Labute approximate surface area is 116 Å². The Bertz CT molecular complexity index is 691. The molecule has 0 radical (unpaired) electrons. The lowest BCUT2D eigenvalue weighted by Crippen LogP contribution is -2.07. The molecule has 0 atom stereocenters. The number of aromatic nitrogens is 5. The third kappa shape index (κ3) is 2.59. The van der Waals surface area contributed by atoms with Gasteiger partial charge in [0.2, 0.25) is 5.95 Å². The smallest absolute Gasteiger partial charge is 0.224 e. The Balaban J connectivity index is 1.97. The first-order valence-electron chi connectivity index (χ1n) is 6.70. The molecule has 6 nitrogen and oxygen atoms in total. The summed E-state index contributed by atoms with van der Waals surface area (Å²) in [6, 6.07) is 5.88. The summed E-state index contributed by atoms with van der Waals surface area (Å²) in [4.78, 5) is 13.3. The van der Waals surface area contributed by atoms with Crippen LogP contribution in [0.1, 0.15) is 24.7 Å². The maximum Gasteiger partial charge on any atom is 0.224 e. The van der Waals surface area contributed by atoms with Crippen LogP contribution in [0.3, 0.4) is 0 Å². The van der Waals surface area contributed by atoms with Gasteiger partial charge in [-0.15, -0.1) is 0 Å². The number of fused-ring (bicyclic) bond motifs is 1. The quantitative estimate of drug-likeness (QED) is 0.741. The largest absolute Gasteiger partial charge is 0.354 e. The van der Waals surface area contributed by atoms with Crippen LogP contribution >= 0.6 is 0 Å². The highest BCUT2D eigenvalue weighted by Gasteiger charge is 2.10. The zero-order chi connectivity index (χ0) is 13.8. The van der Waals surface area contributed by atoms with Crippen molar-refractivity contribution in [1.29, 1.82) is 0 Å². The molecule has 3 rings (SSSR count). The van der Waals surface area contributed by atoms with Crippen LogP contribution in [0.25, 0.3) is 11.0 Å². The number of rotatable bonds is 5. The van der Waals surface area contributed by atoms with Gasteiger partial charge in [-0.2, -0.15) is 10.1 Å². The van der Waals surface area contributed by atoms with E-state index in [-0.39, 0.29) is 0 Å². The Kier molecular flexibility index (Phi) is 3.54. The third-order valence-electron chi connectivity index (χ3n) is 3.00. The van der Waals surface area contributed by atoms with E-state index in [1.165, 1.54) is 0 Å². The monoisotopic (exact) mass is 268 g/mol. The van der Waals surface area contributed by atoms with Gasteiger partial charge in [0, 0.05) is 24.9 Å². The van der Waals surface area contributed by atoms with Gasteiger partial charge < -0.3 is 5.32 Å². The molecule has 0 spiro atoms. The van der Waals surface area contributed by atoms with Crippen LogP contribution in [0, 0.1) is 0 Å². The van der Waals surface area contributed by atoms with Gasteiger partial charge in [-0.3, -0.25) is 10.1 Å². The molecule has 6 heteroatoms. The summed E-state index contributed by atoms with van der Waals surface area (Å²) in [6.07, 6.45) is 5.25. The molecule has 0 saturated carbocycles. The van der Waals surface area contributed by atoms with Crippen LogP contribution in [0.5, 0.6) is 0 Å². The summed E-state index contributed by atoms with van der Waals surface area (Å²) < 4.78 is 0. The molecular weight excluding hydrogens is 252 g/mol. The van der Waals surface area contributed by atoms with Gasteiger partial charge in [-0.05, 0) is 18.6 Å². The van der Waals surface area contributed by atoms with Crippen molar-refractivity contribution in [3.8, 4) is 0 Å². The molecule has 2 N–H and O–H groups in total. The van der Waals surface area contributed by atoms with E-state index in [9.17, 15) is 0 Å². The molecule has 3 aromatic heterocycles. The fraction of sp³-hybridized carbons (Fsp3) is 0.286. The molecule has 0 aliphatic heterocycles. The molecule has 3 heterocycles. The second-order valence-corrected chi connectivity index (χ2v) is 4.55. The Morgan fingerprint density at radius 1 is 1.25 bits per heavy atom. The second-order valence-electron chi connectivity index (χ2n) is 4.55. The standard InChI is InChI=1S/C14H16N6/c1-2-6-16-14-18-12(8-10-5-3-4-7-15-10)11-9-17-20-13(11)19-14/h3-5,7,9H,2,6,8H2,1H3,(H2,16,17,18,19,20). The van der Waals surface area contributed by atoms with E-state index in [2.05, 4.69) is 37.4 Å². The fourth-order valence-electron chi connectivity index (χ4n) is 2.02. The number of nitrogens with zero attached hydrogens (tertiary/aromatic N) is 4. The van der Waals surface area contributed by atoms with Crippen molar-refractivity contribution < 1.29 is 0 Å². The van der Waals surface area contributed by atoms with Gasteiger partial charge in [0.05, 0.1) is 17.3 Å². The van der Waals surface area contributed by atoms with E-state index >= 15 is 0 Å². The van der Waals surface area contributed by atoms with E-state index < -0.39 is 0 Å². The van der Waals surface area contributed by atoms with Crippen molar-refractivity contribution in [2.24, 2.45) is 0 Å². The molecular formula is C14H16N6. The highest BCUT2D eigenvalue weighted by atomic mass is 15.2. The molecule has 0 saturated heterocycles. The summed E-state index contributed by atoms with van der Waals surface area (Å²) in [5.74, 6) is 0.634. The normalized spacial score (nSPS) is 10.8. The number of hydrogen-bond donors (Lipinski definition) is 2. The van der Waals surface area contributed by atoms with E-state index in [4.69, 9.17) is 0 Å². The van der Waals surface area contributed by atoms with Crippen LogP contribution in [0.4, 0.5) is 5.95 Å². The summed E-state index contributed by atoms with van der Waals surface area (Å²) in [6.45, 7) is 2.96. The lowest BCUT2D eigenvalue weighted by Gasteiger charge is -2.06. The number of hydrogen-bond acceptors (Lipinski definition) is 5. The van der Waals surface area contributed by atoms with Crippen LogP contribution in [0.15, 0.2) is 30.6 Å². The molecule has 102 valence electrons. The van der Waals surface area contributed by atoms with Crippen LogP contribution in [-0.2, 0) is 6.42 Å². The van der Waals surface area contributed by atoms with E-state index in [1.54, 1.807) is 12.4 Å². The van der Waals surface area contributed by atoms with Gasteiger partial charge in [-0.1, -0.05) is 13.0 Å². The van der Waals surface area contributed by atoms with Crippen molar-refractivity contribution in [3.63, 3.8) is 0 Å². The fourth-order valence-corrected chi connectivity index (χ4v) is 2.02. The van der Waals surface area contributed by atoms with Gasteiger partial charge in [0.15, 0.2) is 5.65 Å². The van der Waals surface area contributed by atoms with E-state index in [0.717, 1.165) is 35.4 Å². The highest BCUT2D eigenvalue weighted by Crippen LogP contribution is 2.17. The van der Waals surface area contributed by atoms with Crippen molar-refractivity contribution in [3.05, 3.63) is 42.0 Å². The number of nitrogens with one attached hydrogen (secondary N) is 2. The molecule has 0 bridgehead atoms. The molecule has 0 aromatic carbocycles. The molecule has 0 amide bonds. The van der Waals surface area contributed by atoms with Crippen LogP contribution in [-0.4, -0.2) is 31.7 Å². The van der Waals surface area contributed by atoms with E-state index in [0.29, 0.717) is 12.4 Å². The van der Waals surface area contributed by atoms with E-state index in [1.807, 2.05) is 18.2 Å². The SMILES string of the molecule is CCCNc1nc(Cc2ccccn2)c2cn[nH]c2n1. The zero-order valence-electron chi connectivity index (χ0n) is 11.3. The maximum absolute atomic E-state index is 4.58. The van der Waals surface area contributed by atoms with Crippen molar-refractivity contribution >= 4 is 17.0 Å². The Morgan fingerprint density at radius 2 is 2.20 bits per heavy atom. The minimum absolute atomic E-state index is 0.634. The maximum atomic E-state index is 4.58. The number of anilines is 1. The lowest BCUT2D eigenvalue weighted by molar-refractivity contribution is 0.939. The molecule has 3 aromatic rings. The first kappa shape index (κ1) is 12.5. The topological polar surface area (TPSA) is 79.4 Å². The van der Waals surface area contributed by atoms with Gasteiger partial charge in [-0.25, -0.2) is 4.98 Å². The highest BCUT2D eigenvalue weighted by molar-refractivity contribution is 5.78. The van der Waals surface area contributed by atoms with Gasteiger partial charge in [0.25, 0.3) is 0 Å².